The maximum Gasteiger partial charge on any atom is 0.255 e. The second-order valence-electron chi connectivity index (χ2n) is 10.2. The molecule has 0 bridgehead atoms. The molecule has 202 valence electrons. The number of rotatable bonds is 9. The molecule has 3 amide bonds. The van der Waals surface area contributed by atoms with E-state index in [0.717, 1.165) is 50.3 Å². The lowest BCUT2D eigenvalue weighted by Crippen LogP contribution is -2.38. The van der Waals surface area contributed by atoms with Gasteiger partial charge in [0.25, 0.3) is 11.8 Å². The molecular weight excluding hydrogens is 516 g/mol. The van der Waals surface area contributed by atoms with Crippen molar-refractivity contribution in [3.8, 4) is 0 Å². The number of carbonyl (C=O) groups is 3. The van der Waals surface area contributed by atoms with E-state index < -0.39 is 0 Å². The number of nitrogens with zero attached hydrogens (tertiary/aromatic N) is 3. The van der Waals surface area contributed by atoms with Gasteiger partial charge in [0.05, 0.1) is 17.4 Å². The minimum atomic E-state index is -0.386. The first-order valence-electron chi connectivity index (χ1n) is 13.2. The van der Waals surface area contributed by atoms with Gasteiger partial charge in [0, 0.05) is 42.0 Å². The van der Waals surface area contributed by atoms with Crippen LogP contribution in [0.1, 0.15) is 52.0 Å². The van der Waals surface area contributed by atoms with Gasteiger partial charge in [0.15, 0.2) is 0 Å². The molecule has 1 aliphatic carbocycles. The van der Waals surface area contributed by atoms with Crippen molar-refractivity contribution in [2.24, 2.45) is 11.8 Å². The average molecular weight is 547 g/mol. The smallest absolute Gasteiger partial charge is 0.255 e. The Bertz CT molecular complexity index is 1350. The van der Waals surface area contributed by atoms with Gasteiger partial charge in [-0.3, -0.25) is 24.3 Å². The number of carbonyl (C=O) groups excluding carboxylic acids is 3. The zero-order valence-electron chi connectivity index (χ0n) is 21.5. The largest absolute Gasteiger partial charge is 0.352 e. The van der Waals surface area contributed by atoms with Crippen LogP contribution in [-0.4, -0.2) is 52.2 Å². The number of amides is 3. The van der Waals surface area contributed by atoms with E-state index in [4.69, 9.17) is 11.6 Å². The fraction of sp³-hybridized carbons (Fsp3) is 0.345. The molecule has 0 spiro atoms. The summed E-state index contributed by atoms with van der Waals surface area (Å²) in [7, 11) is 0. The molecule has 2 aromatic heterocycles. The van der Waals surface area contributed by atoms with Crippen LogP contribution in [0.25, 0.3) is 0 Å². The molecule has 2 aliphatic rings. The normalized spacial score (nSPS) is 15.9. The van der Waals surface area contributed by atoms with Gasteiger partial charge in [-0.05, 0) is 80.6 Å². The molecule has 0 unspecified atom stereocenters. The summed E-state index contributed by atoms with van der Waals surface area (Å²) >= 11 is 6.10. The fourth-order valence-corrected chi connectivity index (χ4v) is 4.84. The zero-order valence-corrected chi connectivity index (χ0v) is 22.3. The lowest BCUT2D eigenvalue weighted by Gasteiger charge is -2.32. The third-order valence-electron chi connectivity index (χ3n) is 7.03. The van der Waals surface area contributed by atoms with Gasteiger partial charge in [0.1, 0.15) is 5.82 Å². The molecule has 3 aromatic rings. The van der Waals surface area contributed by atoms with Crippen LogP contribution >= 0.6 is 11.6 Å². The first kappa shape index (κ1) is 26.8. The van der Waals surface area contributed by atoms with Gasteiger partial charge in [-0.2, -0.15) is 0 Å². The molecule has 1 saturated carbocycles. The minimum absolute atomic E-state index is 0.0387. The number of piperidine rings is 1. The number of hydrogen-bond donors (Lipinski definition) is 3. The number of aromatic nitrogens is 2. The second kappa shape index (κ2) is 12.4. The predicted octanol–water partition coefficient (Wildman–Crippen LogP) is 4.37. The Labute approximate surface area is 232 Å². The second-order valence-corrected chi connectivity index (χ2v) is 10.6. The lowest BCUT2D eigenvalue weighted by atomic mass is 9.96. The Morgan fingerprint density at radius 1 is 0.923 bits per heavy atom. The van der Waals surface area contributed by atoms with Crippen LogP contribution in [0.2, 0.25) is 5.02 Å². The summed E-state index contributed by atoms with van der Waals surface area (Å²) in [4.78, 5) is 48.2. The third-order valence-corrected chi connectivity index (χ3v) is 7.27. The van der Waals surface area contributed by atoms with Crippen molar-refractivity contribution in [1.29, 1.82) is 0 Å². The summed E-state index contributed by atoms with van der Waals surface area (Å²) in [6.45, 7) is 3.40. The molecule has 5 rings (SSSR count). The number of anilines is 2. The quantitative estimate of drug-likeness (QED) is 0.367. The highest BCUT2D eigenvalue weighted by atomic mass is 35.5. The monoisotopic (exact) mass is 546 g/mol. The van der Waals surface area contributed by atoms with Gasteiger partial charge in [-0.15, -0.1) is 0 Å². The molecule has 10 heteroatoms. The standard InChI is InChI=1S/C29H31ClN6O3/c30-24-3-1-2-20(12-24)18-36-10-7-19(8-11-36)15-33-27(37)23-13-25(17-31-16-23)34-29(39)22-6-9-32-26(14-22)35-28(38)21-4-5-21/h1-3,6,9,12-14,16-17,19,21H,4-5,7-8,10-11,15,18H2,(H,33,37)(H,34,39)(H,32,35,38). The Morgan fingerprint density at radius 2 is 1.74 bits per heavy atom. The molecule has 39 heavy (non-hydrogen) atoms. The molecule has 0 radical (unpaired) electrons. The van der Waals surface area contributed by atoms with Crippen LogP contribution in [0.15, 0.2) is 61.1 Å². The van der Waals surface area contributed by atoms with Crippen molar-refractivity contribution < 1.29 is 14.4 Å². The number of nitrogens with one attached hydrogen (secondary N) is 3. The van der Waals surface area contributed by atoms with Gasteiger partial charge >= 0.3 is 0 Å². The van der Waals surface area contributed by atoms with Crippen molar-refractivity contribution in [1.82, 2.24) is 20.2 Å². The van der Waals surface area contributed by atoms with Crippen LogP contribution in [0.3, 0.4) is 0 Å². The van der Waals surface area contributed by atoms with Gasteiger partial charge in [0.2, 0.25) is 5.91 Å². The van der Waals surface area contributed by atoms with Crippen molar-refractivity contribution in [2.75, 3.05) is 30.3 Å². The summed E-state index contributed by atoms with van der Waals surface area (Å²) in [5.74, 6) is 0.0859. The maximum atomic E-state index is 12.8. The maximum absolute atomic E-state index is 12.8. The highest BCUT2D eigenvalue weighted by Crippen LogP contribution is 2.30. The van der Waals surface area contributed by atoms with E-state index in [1.807, 2.05) is 18.2 Å². The van der Waals surface area contributed by atoms with Gasteiger partial charge < -0.3 is 16.0 Å². The molecule has 0 atom stereocenters. The summed E-state index contributed by atoms with van der Waals surface area (Å²) in [5.41, 5.74) is 2.33. The molecule has 1 aliphatic heterocycles. The van der Waals surface area contributed by atoms with Crippen molar-refractivity contribution in [2.45, 2.75) is 32.2 Å². The summed E-state index contributed by atoms with van der Waals surface area (Å²) in [5, 5.41) is 9.28. The Hall–Kier alpha value is -3.82. The highest BCUT2D eigenvalue weighted by Gasteiger charge is 2.30. The number of pyridine rings is 2. The highest BCUT2D eigenvalue weighted by molar-refractivity contribution is 6.30. The number of halogens is 1. The Balaban J connectivity index is 1.09. The van der Waals surface area contributed by atoms with Crippen LogP contribution < -0.4 is 16.0 Å². The van der Waals surface area contributed by atoms with E-state index in [9.17, 15) is 14.4 Å². The van der Waals surface area contributed by atoms with Crippen LogP contribution in [-0.2, 0) is 11.3 Å². The summed E-state index contributed by atoms with van der Waals surface area (Å²) < 4.78 is 0. The Morgan fingerprint density at radius 3 is 2.51 bits per heavy atom. The van der Waals surface area contributed by atoms with Crippen LogP contribution in [0.5, 0.6) is 0 Å². The van der Waals surface area contributed by atoms with E-state index in [-0.39, 0.29) is 23.6 Å². The molecule has 1 saturated heterocycles. The molecule has 2 fully saturated rings. The number of likely N-dealkylation sites (tertiary alicyclic amines) is 1. The SMILES string of the molecule is O=C(NCC1CCN(Cc2cccc(Cl)c2)CC1)c1cncc(NC(=O)c2ccnc(NC(=O)C3CC3)c2)c1. The van der Waals surface area contributed by atoms with E-state index in [0.29, 0.717) is 35.1 Å². The van der Waals surface area contributed by atoms with E-state index in [1.54, 1.807) is 12.1 Å². The molecular formula is C29H31ClN6O3. The van der Waals surface area contributed by atoms with E-state index >= 15 is 0 Å². The number of benzene rings is 1. The topological polar surface area (TPSA) is 116 Å². The lowest BCUT2D eigenvalue weighted by molar-refractivity contribution is -0.117. The molecule has 1 aromatic carbocycles. The fourth-order valence-electron chi connectivity index (χ4n) is 4.63. The van der Waals surface area contributed by atoms with Gasteiger partial charge in [-0.25, -0.2) is 4.98 Å². The molecule has 9 nitrogen and oxygen atoms in total. The van der Waals surface area contributed by atoms with Crippen molar-refractivity contribution in [3.05, 3.63) is 82.8 Å². The molecule has 3 N–H and O–H groups in total. The molecule has 3 heterocycles. The van der Waals surface area contributed by atoms with Crippen LogP contribution in [0, 0.1) is 11.8 Å². The first-order valence-corrected chi connectivity index (χ1v) is 13.6. The minimum Gasteiger partial charge on any atom is -0.352 e. The van der Waals surface area contributed by atoms with Gasteiger partial charge in [-0.1, -0.05) is 23.7 Å². The average Bonchev–Trinajstić information content (AvgIpc) is 3.79. The Kier molecular flexibility index (Phi) is 8.48. The van der Waals surface area contributed by atoms with Crippen LogP contribution in [0.4, 0.5) is 11.5 Å². The van der Waals surface area contributed by atoms with Crippen molar-refractivity contribution in [3.63, 3.8) is 0 Å². The predicted molar refractivity (Wildman–Crippen MR) is 150 cm³/mol. The summed E-state index contributed by atoms with van der Waals surface area (Å²) in [6, 6.07) is 12.6. The van der Waals surface area contributed by atoms with Crippen molar-refractivity contribution >= 4 is 40.8 Å². The number of hydrogen-bond acceptors (Lipinski definition) is 6. The first-order chi connectivity index (χ1) is 18.9. The zero-order chi connectivity index (χ0) is 27.2. The summed E-state index contributed by atoms with van der Waals surface area (Å²) in [6.07, 6.45) is 8.22. The van der Waals surface area contributed by atoms with E-state index in [2.05, 4.69) is 36.9 Å². The van der Waals surface area contributed by atoms with E-state index in [1.165, 1.54) is 30.2 Å². The third kappa shape index (κ3) is 7.61.